The number of unbranched alkanes of at least 4 members (excludes halogenated alkanes) is 18. The Morgan fingerprint density at radius 1 is 0.294 bits per heavy atom. The van der Waals surface area contributed by atoms with Crippen LogP contribution < -0.4 is 11.5 Å². The predicted octanol–water partition coefficient (Wildman–Crippen LogP) is 15.2. The molecule has 2 aromatic rings. The van der Waals surface area contributed by atoms with Crippen molar-refractivity contribution in [3.05, 3.63) is 56.6 Å². The number of anilines is 2. The Morgan fingerprint density at radius 3 is 0.784 bits per heavy atom. The van der Waals surface area contributed by atoms with Crippen LogP contribution in [0.1, 0.15) is 240 Å². The largest absolute Gasteiger partial charge is 0.398 e. The van der Waals surface area contributed by atoms with Crippen LogP contribution in [-0.4, -0.2) is 0 Å². The topological polar surface area (TPSA) is 52.0 Å². The summed E-state index contributed by atoms with van der Waals surface area (Å²) >= 11 is 0. The zero-order valence-electron chi connectivity index (χ0n) is 35.2. The van der Waals surface area contributed by atoms with Gasteiger partial charge in [0.15, 0.2) is 0 Å². The highest BCUT2D eigenvalue weighted by Gasteiger charge is 2.21. The summed E-state index contributed by atoms with van der Waals surface area (Å²) in [4.78, 5) is 0. The van der Waals surface area contributed by atoms with E-state index in [0.29, 0.717) is 0 Å². The van der Waals surface area contributed by atoms with Crippen molar-refractivity contribution in [3.63, 3.8) is 0 Å². The van der Waals surface area contributed by atoms with E-state index in [9.17, 15) is 0 Å². The van der Waals surface area contributed by atoms with Crippen molar-refractivity contribution in [3.8, 4) is 0 Å². The minimum atomic E-state index is 0.983. The summed E-state index contributed by atoms with van der Waals surface area (Å²) < 4.78 is 0. The van der Waals surface area contributed by atoms with Crippen molar-refractivity contribution in [2.45, 2.75) is 241 Å². The molecule has 51 heavy (non-hydrogen) atoms. The molecule has 0 amide bonds. The lowest BCUT2D eigenvalue weighted by Gasteiger charge is -2.24. The van der Waals surface area contributed by atoms with E-state index in [0.717, 1.165) is 43.5 Å². The van der Waals surface area contributed by atoms with Gasteiger partial charge in [-0.1, -0.05) is 169 Å². The molecule has 0 saturated heterocycles. The summed E-state index contributed by atoms with van der Waals surface area (Å²) in [6, 6.07) is 5.31. The van der Waals surface area contributed by atoms with Crippen LogP contribution in [0.15, 0.2) is 12.1 Å². The third-order valence-corrected chi connectivity index (χ3v) is 11.6. The van der Waals surface area contributed by atoms with Crippen LogP contribution in [0.25, 0.3) is 0 Å². The highest BCUT2D eigenvalue weighted by atomic mass is 14.6. The highest BCUT2D eigenvalue weighted by Crippen LogP contribution is 2.36. The van der Waals surface area contributed by atoms with E-state index in [1.54, 1.807) is 11.1 Å². The predicted molar refractivity (Wildman–Crippen MR) is 232 cm³/mol. The van der Waals surface area contributed by atoms with Gasteiger partial charge in [-0.3, -0.25) is 0 Å². The molecule has 0 aliphatic heterocycles. The highest BCUT2D eigenvalue weighted by molar-refractivity contribution is 5.65. The molecule has 0 spiro atoms. The summed E-state index contributed by atoms with van der Waals surface area (Å²) in [5.74, 6) is 0. The van der Waals surface area contributed by atoms with Crippen LogP contribution in [0.3, 0.4) is 0 Å². The van der Waals surface area contributed by atoms with Crippen molar-refractivity contribution < 1.29 is 0 Å². The maximum Gasteiger partial charge on any atom is 0.0384 e. The number of benzene rings is 2. The van der Waals surface area contributed by atoms with E-state index < -0.39 is 0 Å². The molecule has 0 aliphatic rings. The fourth-order valence-electron chi connectivity index (χ4n) is 8.37. The van der Waals surface area contributed by atoms with E-state index in [-0.39, 0.29) is 0 Å². The van der Waals surface area contributed by atoms with Gasteiger partial charge >= 0.3 is 0 Å². The molecule has 2 heteroatoms. The van der Waals surface area contributed by atoms with Crippen LogP contribution in [0, 0.1) is 0 Å². The molecule has 292 valence electrons. The van der Waals surface area contributed by atoms with E-state index in [1.807, 2.05) is 0 Å². The first kappa shape index (κ1) is 45.2. The molecule has 0 unspecified atom stereocenters. The molecule has 0 aliphatic carbocycles. The van der Waals surface area contributed by atoms with Crippen molar-refractivity contribution >= 4 is 11.4 Å². The van der Waals surface area contributed by atoms with Crippen molar-refractivity contribution in [1.29, 1.82) is 0 Å². The van der Waals surface area contributed by atoms with Crippen LogP contribution in [0.5, 0.6) is 0 Å². The lowest BCUT2D eigenvalue weighted by molar-refractivity contribution is 0.646. The standard InChI is InChI=1S/C49H86N2/c1-7-13-19-25-31-40-37-42(46(35-29-23-17-11-5)48(50)44(40)33-27-21-15-9-3)39-43-38-41(32-26-20-14-8-2)45(34-28-22-16-10-4)49(51)47(43)36-30-24-18-12-6/h37-38H,7-36,39,50-51H2,1-6H3. The molecule has 0 saturated carbocycles. The Balaban J connectivity index is 2.71. The van der Waals surface area contributed by atoms with Gasteiger partial charge in [0, 0.05) is 11.4 Å². The fourth-order valence-corrected chi connectivity index (χ4v) is 8.37. The number of hydrogen-bond acceptors (Lipinski definition) is 2. The van der Waals surface area contributed by atoms with Gasteiger partial charge in [0.05, 0.1) is 0 Å². The second-order valence-corrected chi connectivity index (χ2v) is 16.2. The zero-order chi connectivity index (χ0) is 37.1. The quantitative estimate of drug-likeness (QED) is 0.0589. The summed E-state index contributed by atoms with van der Waals surface area (Å²) in [5.41, 5.74) is 29.1. The van der Waals surface area contributed by atoms with Gasteiger partial charge in [-0.15, -0.1) is 0 Å². The fraction of sp³-hybridized carbons (Fsp3) is 0.755. The second kappa shape index (κ2) is 28.5. The SMILES string of the molecule is CCCCCCc1cc(Cc2cc(CCCCCC)c(CCCCCC)c(N)c2CCCCCC)c(CCCCCC)c(N)c1CCCCCC. The first-order valence-corrected chi connectivity index (χ1v) is 22.8. The molecule has 0 aromatic heterocycles. The smallest absolute Gasteiger partial charge is 0.0384 e. The molecule has 2 rings (SSSR count). The lowest BCUT2D eigenvalue weighted by atomic mass is 9.82. The van der Waals surface area contributed by atoms with E-state index in [2.05, 4.69) is 53.7 Å². The number of rotatable bonds is 32. The monoisotopic (exact) mass is 703 g/mol. The molecular formula is C49H86N2. The molecule has 0 bridgehead atoms. The first-order valence-electron chi connectivity index (χ1n) is 22.8. The minimum Gasteiger partial charge on any atom is -0.398 e. The van der Waals surface area contributed by atoms with E-state index >= 15 is 0 Å². The molecule has 2 nitrogen and oxygen atoms in total. The summed E-state index contributed by atoms with van der Waals surface area (Å²) in [5, 5.41) is 0. The van der Waals surface area contributed by atoms with Crippen LogP contribution in [-0.2, 0) is 44.9 Å². The molecule has 0 radical (unpaired) electrons. The normalized spacial score (nSPS) is 11.6. The average Bonchev–Trinajstić information content (AvgIpc) is 3.13. The Morgan fingerprint density at radius 2 is 0.529 bits per heavy atom. The van der Waals surface area contributed by atoms with Crippen LogP contribution in [0.4, 0.5) is 11.4 Å². The molecular weight excluding hydrogens is 617 g/mol. The van der Waals surface area contributed by atoms with Crippen LogP contribution >= 0.6 is 0 Å². The number of nitrogen functional groups attached to an aromatic ring is 2. The molecule has 0 heterocycles. The van der Waals surface area contributed by atoms with Crippen LogP contribution in [0.2, 0.25) is 0 Å². The Kier molecular flexibility index (Phi) is 25.3. The van der Waals surface area contributed by atoms with Crippen molar-refractivity contribution in [2.24, 2.45) is 0 Å². The van der Waals surface area contributed by atoms with E-state index in [1.165, 1.54) is 200 Å². The third kappa shape index (κ3) is 16.7. The number of hydrogen-bond donors (Lipinski definition) is 2. The van der Waals surface area contributed by atoms with Gasteiger partial charge < -0.3 is 11.5 Å². The van der Waals surface area contributed by atoms with Gasteiger partial charge in [-0.05, 0) is 128 Å². The average molecular weight is 703 g/mol. The molecule has 0 fully saturated rings. The molecule has 4 N–H and O–H groups in total. The van der Waals surface area contributed by atoms with Gasteiger partial charge in [0.2, 0.25) is 0 Å². The van der Waals surface area contributed by atoms with Crippen molar-refractivity contribution in [1.82, 2.24) is 0 Å². The lowest BCUT2D eigenvalue weighted by Crippen LogP contribution is -2.13. The van der Waals surface area contributed by atoms with E-state index in [4.69, 9.17) is 11.5 Å². The Hall–Kier alpha value is -1.96. The van der Waals surface area contributed by atoms with Crippen molar-refractivity contribution in [2.75, 3.05) is 11.5 Å². The van der Waals surface area contributed by atoms with Gasteiger partial charge in [-0.25, -0.2) is 0 Å². The first-order chi connectivity index (χ1) is 25.0. The minimum absolute atomic E-state index is 0.983. The van der Waals surface area contributed by atoms with Gasteiger partial charge in [0.25, 0.3) is 0 Å². The zero-order valence-corrected chi connectivity index (χ0v) is 35.2. The second-order valence-electron chi connectivity index (χ2n) is 16.2. The Bertz CT molecular complexity index is 1090. The summed E-state index contributed by atoms with van der Waals surface area (Å²) in [6.07, 6.45) is 38.8. The molecule has 2 aromatic carbocycles. The third-order valence-electron chi connectivity index (χ3n) is 11.6. The number of aryl methyl sites for hydroxylation is 2. The summed E-state index contributed by atoms with van der Waals surface area (Å²) in [7, 11) is 0. The summed E-state index contributed by atoms with van der Waals surface area (Å²) in [6.45, 7) is 13.9. The maximum absolute atomic E-state index is 7.38. The number of nitrogens with two attached hydrogens (primary N) is 2. The van der Waals surface area contributed by atoms with Gasteiger partial charge in [-0.2, -0.15) is 0 Å². The Labute approximate surface area is 319 Å². The molecule has 0 atom stereocenters. The van der Waals surface area contributed by atoms with Gasteiger partial charge in [0.1, 0.15) is 0 Å². The maximum atomic E-state index is 7.38.